The predicted molar refractivity (Wildman–Crippen MR) is 90.5 cm³/mol. The van der Waals surface area contributed by atoms with Crippen molar-refractivity contribution < 1.29 is 0 Å². The molecule has 0 atom stereocenters. The minimum absolute atomic E-state index is 0.835. The number of hydrogen-bond acceptors (Lipinski definition) is 4. The van der Waals surface area contributed by atoms with E-state index >= 15 is 0 Å². The third kappa shape index (κ3) is 2.08. The normalized spacial score (nSPS) is 11.5. The third-order valence-electron chi connectivity index (χ3n) is 4.06. The van der Waals surface area contributed by atoms with E-state index in [2.05, 4.69) is 14.4 Å². The lowest BCUT2D eigenvalue weighted by atomic mass is 10.2. The Balaban J connectivity index is 2.18. The van der Waals surface area contributed by atoms with Gasteiger partial charge in [0.05, 0.1) is 16.9 Å². The van der Waals surface area contributed by atoms with Crippen molar-refractivity contribution in [3.8, 4) is 11.4 Å². The molecule has 5 heteroatoms. The zero-order valence-corrected chi connectivity index (χ0v) is 13.6. The summed E-state index contributed by atoms with van der Waals surface area (Å²) in [5.74, 6) is 0.860. The summed E-state index contributed by atoms with van der Waals surface area (Å²) in [5.41, 5.74) is 7.57. The molecule has 0 aromatic carbocycles. The largest absolute Gasteiger partial charge is 0.273 e. The van der Waals surface area contributed by atoms with Crippen LogP contribution in [0.2, 0.25) is 0 Å². The number of pyridine rings is 2. The summed E-state index contributed by atoms with van der Waals surface area (Å²) in [7, 11) is 0. The summed E-state index contributed by atoms with van der Waals surface area (Å²) in [5, 5.41) is 0. The molecule has 4 rings (SSSR count). The molecule has 0 saturated heterocycles. The maximum atomic E-state index is 4.77. The van der Waals surface area contributed by atoms with E-state index in [0.717, 1.165) is 50.8 Å². The number of imidazole rings is 1. The van der Waals surface area contributed by atoms with Crippen LogP contribution in [0.4, 0.5) is 0 Å². The topological polar surface area (TPSA) is 56.0 Å². The average molecular weight is 303 g/mol. The van der Waals surface area contributed by atoms with Crippen molar-refractivity contribution >= 4 is 16.7 Å². The molecular formula is C18H17N5. The molecule has 0 aliphatic rings. The van der Waals surface area contributed by atoms with Crippen molar-refractivity contribution in [3.63, 3.8) is 0 Å². The Morgan fingerprint density at radius 1 is 0.783 bits per heavy atom. The van der Waals surface area contributed by atoms with E-state index in [1.807, 2.05) is 58.2 Å². The van der Waals surface area contributed by atoms with Crippen LogP contribution in [0.5, 0.6) is 0 Å². The maximum absolute atomic E-state index is 4.77. The van der Waals surface area contributed by atoms with Gasteiger partial charge in [-0.25, -0.2) is 15.0 Å². The van der Waals surface area contributed by atoms with E-state index in [-0.39, 0.29) is 0 Å². The van der Waals surface area contributed by atoms with Crippen LogP contribution in [-0.2, 0) is 0 Å². The Kier molecular flexibility index (Phi) is 2.91. The molecule has 0 spiro atoms. The lowest BCUT2D eigenvalue weighted by Crippen LogP contribution is -2.00. The van der Waals surface area contributed by atoms with Gasteiger partial charge in [-0.1, -0.05) is 0 Å². The Morgan fingerprint density at radius 2 is 1.52 bits per heavy atom. The van der Waals surface area contributed by atoms with Gasteiger partial charge in [-0.05, 0) is 52.0 Å². The Bertz CT molecular complexity index is 1040. The zero-order valence-electron chi connectivity index (χ0n) is 13.6. The van der Waals surface area contributed by atoms with Crippen LogP contribution in [0, 0.1) is 27.7 Å². The van der Waals surface area contributed by atoms with Gasteiger partial charge in [0, 0.05) is 23.1 Å². The van der Waals surface area contributed by atoms with E-state index in [9.17, 15) is 0 Å². The number of nitrogens with zero attached hydrogens (tertiary/aromatic N) is 5. The summed E-state index contributed by atoms with van der Waals surface area (Å²) in [6, 6.07) is 8.04. The molecule has 0 radical (unpaired) electrons. The van der Waals surface area contributed by atoms with Crippen molar-refractivity contribution in [1.29, 1.82) is 0 Å². The van der Waals surface area contributed by atoms with Gasteiger partial charge in [-0.2, -0.15) is 0 Å². The number of hydrogen-bond donors (Lipinski definition) is 0. The second-order valence-corrected chi connectivity index (χ2v) is 5.89. The monoisotopic (exact) mass is 303 g/mol. The average Bonchev–Trinajstić information content (AvgIpc) is 2.87. The van der Waals surface area contributed by atoms with Gasteiger partial charge in [-0.3, -0.25) is 9.38 Å². The molecule has 0 bridgehead atoms. The van der Waals surface area contributed by atoms with Crippen LogP contribution in [0.3, 0.4) is 0 Å². The molecular weight excluding hydrogens is 286 g/mol. The van der Waals surface area contributed by atoms with Gasteiger partial charge in [0.25, 0.3) is 0 Å². The van der Waals surface area contributed by atoms with Crippen molar-refractivity contribution in [1.82, 2.24) is 24.3 Å². The molecule has 114 valence electrons. The van der Waals surface area contributed by atoms with E-state index in [1.165, 1.54) is 0 Å². The highest BCUT2D eigenvalue weighted by atomic mass is 15.1. The van der Waals surface area contributed by atoms with Gasteiger partial charge in [0.2, 0.25) is 0 Å². The van der Waals surface area contributed by atoms with Gasteiger partial charge >= 0.3 is 0 Å². The van der Waals surface area contributed by atoms with Gasteiger partial charge in [-0.15, -0.1) is 0 Å². The molecule has 0 N–H and O–H groups in total. The first-order valence-electron chi connectivity index (χ1n) is 7.60. The highest BCUT2D eigenvalue weighted by Gasteiger charge is 2.17. The fraction of sp³-hybridized carbons (Fsp3) is 0.222. The van der Waals surface area contributed by atoms with E-state index in [4.69, 9.17) is 9.97 Å². The second kappa shape index (κ2) is 4.84. The van der Waals surface area contributed by atoms with Crippen LogP contribution >= 0.6 is 0 Å². The van der Waals surface area contributed by atoms with E-state index < -0.39 is 0 Å². The molecule has 23 heavy (non-hydrogen) atoms. The third-order valence-corrected chi connectivity index (χ3v) is 4.06. The quantitative estimate of drug-likeness (QED) is 0.539. The van der Waals surface area contributed by atoms with Crippen molar-refractivity contribution in [2.24, 2.45) is 0 Å². The lowest BCUT2D eigenvalue weighted by molar-refractivity contribution is 1.09. The van der Waals surface area contributed by atoms with Gasteiger partial charge in [0.1, 0.15) is 11.3 Å². The maximum Gasteiger partial charge on any atom is 0.165 e. The zero-order chi connectivity index (χ0) is 16.1. The summed E-state index contributed by atoms with van der Waals surface area (Å²) < 4.78 is 2.10. The number of fused-ring (bicyclic) bond motifs is 3. The molecule has 0 aliphatic heterocycles. The summed E-state index contributed by atoms with van der Waals surface area (Å²) in [4.78, 5) is 18.6. The lowest BCUT2D eigenvalue weighted by Gasteiger charge is -2.08. The minimum atomic E-state index is 0.835. The van der Waals surface area contributed by atoms with Crippen LogP contribution in [0.15, 0.2) is 30.5 Å². The van der Waals surface area contributed by atoms with E-state index in [1.54, 1.807) is 0 Å². The van der Waals surface area contributed by atoms with Crippen LogP contribution in [0.25, 0.3) is 28.1 Å². The summed E-state index contributed by atoms with van der Waals surface area (Å²) in [6.07, 6.45) is 1.86. The van der Waals surface area contributed by atoms with Crippen LogP contribution < -0.4 is 0 Å². The van der Waals surface area contributed by atoms with Crippen molar-refractivity contribution in [3.05, 3.63) is 53.2 Å². The van der Waals surface area contributed by atoms with E-state index in [0.29, 0.717) is 0 Å². The standard InChI is InChI=1S/C18H17N5/c1-10-5-7-14(9-19-10)17-22-13(4)16-12(3)21-15-8-6-11(2)20-18(15)23(16)17/h5-9H,1-4H3. The van der Waals surface area contributed by atoms with Gasteiger partial charge in [0.15, 0.2) is 5.65 Å². The second-order valence-electron chi connectivity index (χ2n) is 5.89. The molecule has 0 fully saturated rings. The fourth-order valence-electron chi connectivity index (χ4n) is 2.97. The smallest absolute Gasteiger partial charge is 0.165 e. The number of rotatable bonds is 1. The number of aryl methyl sites for hydroxylation is 4. The Hall–Kier alpha value is -2.82. The molecule has 0 saturated carbocycles. The molecule has 0 aliphatic carbocycles. The summed E-state index contributed by atoms with van der Waals surface area (Å²) in [6.45, 7) is 7.99. The molecule has 4 aromatic rings. The SMILES string of the molecule is Cc1ccc(-c2nc(C)c3c(C)nc4ccc(C)nc4n23)cn1. The first-order valence-corrected chi connectivity index (χ1v) is 7.60. The molecule has 0 unspecified atom stereocenters. The highest BCUT2D eigenvalue weighted by Crippen LogP contribution is 2.27. The minimum Gasteiger partial charge on any atom is -0.273 e. The van der Waals surface area contributed by atoms with Crippen LogP contribution in [0.1, 0.15) is 22.8 Å². The predicted octanol–water partition coefficient (Wildman–Crippen LogP) is 3.57. The Labute approximate surface area is 134 Å². The highest BCUT2D eigenvalue weighted by molar-refractivity contribution is 5.80. The van der Waals surface area contributed by atoms with Crippen molar-refractivity contribution in [2.45, 2.75) is 27.7 Å². The summed E-state index contributed by atoms with van der Waals surface area (Å²) >= 11 is 0. The number of aromatic nitrogens is 5. The fourth-order valence-corrected chi connectivity index (χ4v) is 2.97. The molecule has 4 aromatic heterocycles. The first-order chi connectivity index (χ1) is 11.0. The molecule has 0 amide bonds. The first kappa shape index (κ1) is 13.8. The van der Waals surface area contributed by atoms with Crippen molar-refractivity contribution in [2.75, 3.05) is 0 Å². The molecule has 4 heterocycles. The molecule has 5 nitrogen and oxygen atoms in total. The van der Waals surface area contributed by atoms with Gasteiger partial charge < -0.3 is 0 Å². The Morgan fingerprint density at radius 3 is 2.26 bits per heavy atom. The van der Waals surface area contributed by atoms with Crippen LogP contribution in [-0.4, -0.2) is 24.3 Å².